The lowest BCUT2D eigenvalue weighted by atomic mass is 10.1. The molecule has 0 aliphatic rings. The molecule has 2 aromatic rings. The quantitative estimate of drug-likeness (QED) is 0.920. The van der Waals surface area contributed by atoms with Crippen molar-refractivity contribution in [1.29, 1.82) is 0 Å². The Hall–Kier alpha value is -1.81. The smallest absolute Gasteiger partial charge is 0.221 e. The second kappa shape index (κ2) is 6.38. The van der Waals surface area contributed by atoms with E-state index in [4.69, 9.17) is 10.5 Å². The SMILES string of the molecule is NC(=O)Cc1ccc(OCc2ccccc2)c(Br)c1. The number of benzene rings is 2. The van der Waals surface area contributed by atoms with Crippen LogP contribution in [0.4, 0.5) is 0 Å². The van der Waals surface area contributed by atoms with Crippen molar-refractivity contribution in [2.75, 3.05) is 0 Å². The molecule has 0 fully saturated rings. The van der Waals surface area contributed by atoms with Gasteiger partial charge in [0.25, 0.3) is 0 Å². The van der Waals surface area contributed by atoms with E-state index < -0.39 is 0 Å². The third-order valence-corrected chi connectivity index (χ3v) is 3.23. The second-order valence-electron chi connectivity index (χ2n) is 4.18. The van der Waals surface area contributed by atoms with Crippen LogP contribution in [0.2, 0.25) is 0 Å². The summed E-state index contributed by atoms with van der Waals surface area (Å²) in [5.74, 6) is 0.405. The largest absolute Gasteiger partial charge is 0.488 e. The van der Waals surface area contributed by atoms with Gasteiger partial charge in [0.1, 0.15) is 12.4 Å². The standard InChI is InChI=1S/C15H14BrNO2/c16-13-8-12(9-15(17)18)6-7-14(13)19-10-11-4-2-1-3-5-11/h1-8H,9-10H2,(H2,17,18). The van der Waals surface area contributed by atoms with Gasteiger partial charge < -0.3 is 10.5 Å². The minimum absolute atomic E-state index is 0.234. The predicted octanol–water partition coefficient (Wildman–Crippen LogP) is 3.06. The minimum atomic E-state index is -0.343. The molecule has 0 radical (unpaired) electrons. The van der Waals surface area contributed by atoms with Gasteiger partial charge in [-0.1, -0.05) is 36.4 Å². The number of rotatable bonds is 5. The number of halogens is 1. The Bertz CT molecular complexity index is 570. The van der Waals surface area contributed by atoms with E-state index in [1.807, 2.05) is 48.5 Å². The first-order chi connectivity index (χ1) is 9.15. The second-order valence-corrected chi connectivity index (χ2v) is 5.04. The van der Waals surface area contributed by atoms with Crippen molar-refractivity contribution in [3.63, 3.8) is 0 Å². The highest BCUT2D eigenvalue weighted by molar-refractivity contribution is 9.10. The van der Waals surface area contributed by atoms with Crippen LogP contribution in [0.1, 0.15) is 11.1 Å². The molecule has 98 valence electrons. The van der Waals surface area contributed by atoms with Crippen LogP contribution in [0, 0.1) is 0 Å². The number of carbonyl (C=O) groups excluding carboxylic acids is 1. The number of ether oxygens (including phenoxy) is 1. The van der Waals surface area contributed by atoms with E-state index in [2.05, 4.69) is 15.9 Å². The van der Waals surface area contributed by atoms with Crippen molar-refractivity contribution in [3.05, 3.63) is 64.1 Å². The Balaban J connectivity index is 2.03. The molecule has 0 saturated heterocycles. The van der Waals surface area contributed by atoms with Gasteiger partial charge >= 0.3 is 0 Å². The maximum absolute atomic E-state index is 10.9. The zero-order valence-electron chi connectivity index (χ0n) is 10.3. The van der Waals surface area contributed by atoms with Crippen LogP contribution in [0.5, 0.6) is 5.75 Å². The number of carbonyl (C=O) groups is 1. The summed E-state index contributed by atoms with van der Waals surface area (Å²) in [5, 5.41) is 0. The number of amides is 1. The molecule has 0 spiro atoms. The summed E-state index contributed by atoms with van der Waals surface area (Å²) in [5.41, 5.74) is 7.14. The van der Waals surface area contributed by atoms with Crippen molar-refractivity contribution >= 4 is 21.8 Å². The summed E-state index contributed by atoms with van der Waals surface area (Å²) in [7, 11) is 0. The van der Waals surface area contributed by atoms with E-state index in [0.717, 1.165) is 21.3 Å². The molecule has 4 heteroatoms. The lowest BCUT2D eigenvalue weighted by Gasteiger charge is -2.09. The summed E-state index contributed by atoms with van der Waals surface area (Å²) in [6, 6.07) is 15.5. The number of hydrogen-bond acceptors (Lipinski definition) is 2. The molecule has 0 heterocycles. The summed E-state index contributed by atoms with van der Waals surface area (Å²) in [4.78, 5) is 10.9. The molecular formula is C15H14BrNO2. The van der Waals surface area contributed by atoms with Gasteiger partial charge in [0.2, 0.25) is 5.91 Å². The summed E-state index contributed by atoms with van der Waals surface area (Å²) in [6.07, 6.45) is 0.234. The molecule has 1 amide bonds. The molecule has 0 aliphatic carbocycles. The molecule has 0 atom stereocenters. The van der Waals surface area contributed by atoms with Gasteiger partial charge in [-0.05, 0) is 39.2 Å². The van der Waals surface area contributed by atoms with Crippen LogP contribution in [0.25, 0.3) is 0 Å². The first-order valence-corrected chi connectivity index (χ1v) is 6.68. The van der Waals surface area contributed by atoms with Crippen molar-refractivity contribution < 1.29 is 9.53 Å². The normalized spacial score (nSPS) is 10.2. The fraction of sp³-hybridized carbons (Fsp3) is 0.133. The van der Waals surface area contributed by atoms with Gasteiger partial charge in [0, 0.05) is 0 Å². The van der Waals surface area contributed by atoms with Gasteiger partial charge in [-0.15, -0.1) is 0 Å². The molecule has 2 N–H and O–H groups in total. The Morgan fingerprint density at radius 1 is 1.11 bits per heavy atom. The third kappa shape index (κ3) is 4.10. The van der Waals surface area contributed by atoms with Crippen LogP contribution in [0.15, 0.2) is 53.0 Å². The molecular weight excluding hydrogens is 306 g/mol. The minimum Gasteiger partial charge on any atom is -0.488 e. The number of hydrogen-bond donors (Lipinski definition) is 1. The van der Waals surface area contributed by atoms with E-state index in [1.54, 1.807) is 0 Å². The third-order valence-electron chi connectivity index (χ3n) is 2.61. The molecule has 0 saturated carbocycles. The highest BCUT2D eigenvalue weighted by atomic mass is 79.9. The molecule has 0 bridgehead atoms. The van der Waals surface area contributed by atoms with Crippen LogP contribution in [0.3, 0.4) is 0 Å². The van der Waals surface area contributed by atoms with Crippen molar-refractivity contribution in [2.24, 2.45) is 5.73 Å². The molecule has 3 nitrogen and oxygen atoms in total. The Morgan fingerprint density at radius 3 is 2.47 bits per heavy atom. The highest BCUT2D eigenvalue weighted by Crippen LogP contribution is 2.27. The van der Waals surface area contributed by atoms with Crippen molar-refractivity contribution in [2.45, 2.75) is 13.0 Å². The maximum Gasteiger partial charge on any atom is 0.221 e. The Labute approximate surface area is 120 Å². The van der Waals surface area contributed by atoms with Crippen LogP contribution in [-0.4, -0.2) is 5.91 Å². The lowest BCUT2D eigenvalue weighted by molar-refractivity contribution is -0.117. The predicted molar refractivity (Wildman–Crippen MR) is 77.8 cm³/mol. The summed E-state index contributed by atoms with van der Waals surface area (Å²) in [6.45, 7) is 0.509. The highest BCUT2D eigenvalue weighted by Gasteiger charge is 2.05. The van der Waals surface area contributed by atoms with Crippen LogP contribution in [-0.2, 0) is 17.8 Å². The molecule has 0 unspecified atom stereocenters. The molecule has 0 aliphatic heterocycles. The molecule has 0 aromatic heterocycles. The molecule has 2 rings (SSSR count). The summed E-state index contributed by atoms with van der Waals surface area (Å²) >= 11 is 3.43. The molecule has 2 aromatic carbocycles. The average Bonchev–Trinajstić information content (AvgIpc) is 2.38. The molecule has 19 heavy (non-hydrogen) atoms. The van der Waals surface area contributed by atoms with Gasteiger partial charge in [-0.2, -0.15) is 0 Å². The fourth-order valence-electron chi connectivity index (χ4n) is 1.71. The zero-order chi connectivity index (χ0) is 13.7. The van der Waals surface area contributed by atoms with Gasteiger partial charge in [-0.25, -0.2) is 0 Å². The van der Waals surface area contributed by atoms with Crippen LogP contribution >= 0.6 is 15.9 Å². The monoisotopic (exact) mass is 319 g/mol. The number of primary amides is 1. The van der Waals surface area contributed by atoms with Gasteiger partial charge in [0.15, 0.2) is 0 Å². The first kappa shape index (κ1) is 13.6. The lowest BCUT2D eigenvalue weighted by Crippen LogP contribution is -2.13. The van der Waals surface area contributed by atoms with E-state index in [1.165, 1.54) is 0 Å². The van der Waals surface area contributed by atoms with Gasteiger partial charge in [0.05, 0.1) is 10.9 Å². The number of nitrogens with two attached hydrogens (primary N) is 1. The topological polar surface area (TPSA) is 52.3 Å². The van der Waals surface area contributed by atoms with E-state index in [9.17, 15) is 4.79 Å². The van der Waals surface area contributed by atoms with E-state index in [0.29, 0.717) is 6.61 Å². The average molecular weight is 320 g/mol. The Kier molecular flexibility index (Phi) is 4.58. The van der Waals surface area contributed by atoms with Crippen LogP contribution < -0.4 is 10.5 Å². The van der Waals surface area contributed by atoms with E-state index >= 15 is 0 Å². The maximum atomic E-state index is 10.9. The van der Waals surface area contributed by atoms with Crippen molar-refractivity contribution in [3.8, 4) is 5.75 Å². The van der Waals surface area contributed by atoms with E-state index in [-0.39, 0.29) is 12.3 Å². The van der Waals surface area contributed by atoms with Gasteiger partial charge in [-0.3, -0.25) is 4.79 Å². The van der Waals surface area contributed by atoms with Crippen molar-refractivity contribution in [1.82, 2.24) is 0 Å². The summed E-state index contributed by atoms with van der Waals surface area (Å²) < 4.78 is 6.54. The first-order valence-electron chi connectivity index (χ1n) is 5.88. The Morgan fingerprint density at radius 2 is 1.84 bits per heavy atom. The zero-order valence-corrected chi connectivity index (χ0v) is 11.9. The fourth-order valence-corrected chi connectivity index (χ4v) is 2.25.